The van der Waals surface area contributed by atoms with Crippen LogP contribution < -0.4 is 14.2 Å². The van der Waals surface area contributed by atoms with Crippen molar-refractivity contribution in [1.82, 2.24) is 9.62 Å². The van der Waals surface area contributed by atoms with Gasteiger partial charge >= 0.3 is 0 Å². The standard InChI is InChI=1S/C17H20N2O5S/c20-25(21,13-5-6-16-17(10-13)24-12-23-16)18-11-14(15-4-3-9-22-15)19-7-1-2-8-19/h3-6,9-10,14,18H,1-2,7-8,11-12H2/t14-/m1/s1. The van der Waals surface area contributed by atoms with Crippen molar-refractivity contribution in [2.24, 2.45) is 0 Å². The Morgan fingerprint density at radius 1 is 1.12 bits per heavy atom. The molecule has 1 N–H and O–H groups in total. The molecule has 134 valence electrons. The lowest BCUT2D eigenvalue weighted by atomic mass is 10.2. The molecule has 2 aromatic rings. The second kappa shape index (κ2) is 6.70. The summed E-state index contributed by atoms with van der Waals surface area (Å²) in [7, 11) is -3.65. The van der Waals surface area contributed by atoms with Gasteiger partial charge in [-0.2, -0.15) is 0 Å². The van der Waals surface area contributed by atoms with Crippen LogP contribution in [0.2, 0.25) is 0 Å². The fraction of sp³-hybridized carbons (Fsp3) is 0.412. The van der Waals surface area contributed by atoms with E-state index in [0.717, 1.165) is 31.7 Å². The Balaban J connectivity index is 1.51. The SMILES string of the molecule is O=S(=O)(NC[C@H](c1ccco1)N1CCCC1)c1ccc2c(c1)OCO2. The highest BCUT2D eigenvalue weighted by Gasteiger charge is 2.28. The van der Waals surface area contributed by atoms with E-state index in [1.54, 1.807) is 12.3 Å². The van der Waals surface area contributed by atoms with E-state index in [2.05, 4.69) is 9.62 Å². The fourth-order valence-corrected chi connectivity index (χ4v) is 4.31. The van der Waals surface area contributed by atoms with Crippen molar-refractivity contribution in [3.05, 3.63) is 42.4 Å². The number of benzene rings is 1. The molecule has 0 bridgehead atoms. The molecule has 1 aromatic carbocycles. The summed E-state index contributed by atoms with van der Waals surface area (Å²) in [5.74, 6) is 1.78. The van der Waals surface area contributed by atoms with Crippen LogP contribution in [0.1, 0.15) is 24.6 Å². The quantitative estimate of drug-likeness (QED) is 0.846. The van der Waals surface area contributed by atoms with Crippen molar-refractivity contribution in [2.45, 2.75) is 23.8 Å². The third-order valence-electron chi connectivity index (χ3n) is 4.57. The van der Waals surface area contributed by atoms with E-state index in [1.165, 1.54) is 12.1 Å². The van der Waals surface area contributed by atoms with Gasteiger partial charge in [0.15, 0.2) is 11.5 Å². The first kappa shape index (κ1) is 16.4. The molecule has 3 heterocycles. The highest BCUT2D eigenvalue weighted by molar-refractivity contribution is 7.89. The maximum absolute atomic E-state index is 12.7. The average molecular weight is 364 g/mol. The van der Waals surface area contributed by atoms with Gasteiger partial charge in [-0.15, -0.1) is 0 Å². The molecule has 0 radical (unpaired) electrons. The van der Waals surface area contributed by atoms with Gasteiger partial charge in [0, 0.05) is 12.6 Å². The van der Waals surface area contributed by atoms with E-state index < -0.39 is 10.0 Å². The molecule has 0 aliphatic carbocycles. The molecular weight excluding hydrogens is 344 g/mol. The number of rotatable bonds is 6. The molecule has 0 unspecified atom stereocenters. The molecule has 1 fully saturated rings. The number of ether oxygens (including phenoxy) is 2. The van der Waals surface area contributed by atoms with Crippen LogP contribution in [0, 0.1) is 0 Å². The zero-order chi connectivity index (χ0) is 17.3. The Bertz CT molecular complexity index is 829. The van der Waals surface area contributed by atoms with Gasteiger partial charge in [-0.25, -0.2) is 13.1 Å². The van der Waals surface area contributed by atoms with Crippen molar-refractivity contribution in [2.75, 3.05) is 26.4 Å². The van der Waals surface area contributed by atoms with E-state index in [1.807, 2.05) is 12.1 Å². The van der Waals surface area contributed by atoms with Crippen LogP contribution >= 0.6 is 0 Å². The molecule has 4 rings (SSSR count). The lowest BCUT2D eigenvalue weighted by Crippen LogP contribution is -2.36. The zero-order valence-electron chi connectivity index (χ0n) is 13.7. The summed E-state index contributed by atoms with van der Waals surface area (Å²) in [6.45, 7) is 2.25. The molecule has 0 spiro atoms. The summed E-state index contributed by atoms with van der Waals surface area (Å²) in [5.41, 5.74) is 0. The Labute approximate surface area is 146 Å². The topological polar surface area (TPSA) is 81.0 Å². The third-order valence-corrected chi connectivity index (χ3v) is 6.00. The first-order valence-electron chi connectivity index (χ1n) is 8.30. The van der Waals surface area contributed by atoms with Crippen LogP contribution in [0.15, 0.2) is 45.9 Å². The molecule has 7 nitrogen and oxygen atoms in total. The molecule has 1 aromatic heterocycles. The molecule has 2 aliphatic rings. The predicted octanol–water partition coefficient (Wildman–Crippen LogP) is 2.12. The first-order chi connectivity index (χ1) is 12.1. The summed E-state index contributed by atoms with van der Waals surface area (Å²) in [6.07, 6.45) is 3.85. The highest BCUT2D eigenvalue weighted by Crippen LogP contribution is 2.34. The number of sulfonamides is 1. The molecule has 1 atom stereocenters. The number of hydrogen-bond acceptors (Lipinski definition) is 6. The molecule has 8 heteroatoms. The van der Waals surface area contributed by atoms with E-state index in [0.29, 0.717) is 11.5 Å². The maximum atomic E-state index is 12.7. The maximum Gasteiger partial charge on any atom is 0.240 e. The molecule has 2 aliphatic heterocycles. The summed E-state index contributed by atoms with van der Waals surface area (Å²) in [4.78, 5) is 2.41. The van der Waals surface area contributed by atoms with Crippen molar-refractivity contribution in [3.8, 4) is 11.5 Å². The van der Waals surface area contributed by atoms with Crippen LogP contribution in [0.3, 0.4) is 0 Å². The largest absolute Gasteiger partial charge is 0.468 e. The molecular formula is C17H20N2O5S. The number of nitrogens with zero attached hydrogens (tertiary/aromatic N) is 1. The highest BCUT2D eigenvalue weighted by atomic mass is 32.2. The number of nitrogens with one attached hydrogen (secondary N) is 1. The Morgan fingerprint density at radius 3 is 2.68 bits per heavy atom. The third kappa shape index (κ3) is 3.37. The molecule has 1 saturated heterocycles. The van der Waals surface area contributed by atoms with E-state index in [-0.39, 0.29) is 24.3 Å². The summed E-state index contributed by atoms with van der Waals surface area (Å²) in [5, 5.41) is 0. The van der Waals surface area contributed by atoms with Crippen molar-refractivity contribution in [1.29, 1.82) is 0 Å². The van der Waals surface area contributed by atoms with Gasteiger partial charge in [0.1, 0.15) is 5.76 Å². The monoisotopic (exact) mass is 364 g/mol. The van der Waals surface area contributed by atoms with Gasteiger partial charge < -0.3 is 13.9 Å². The Kier molecular flexibility index (Phi) is 4.41. The summed E-state index contributed by atoms with van der Waals surface area (Å²) < 4.78 is 44.0. The minimum atomic E-state index is -3.65. The van der Waals surface area contributed by atoms with Crippen molar-refractivity contribution >= 4 is 10.0 Å². The second-order valence-corrected chi connectivity index (χ2v) is 7.91. The van der Waals surface area contributed by atoms with Crippen LogP contribution in [0.25, 0.3) is 0 Å². The van der Waals surface area contributed by atoms with Crippen molar-refractivity contribution < 1.29 is 22.3 Å². The molecule has 0 amide bonds. The zero-order valence-corrected chi connectivity index (χ0v) is 14.5. The van der Waals surface area contributed by atoms with Gasteiger partial charge in [-0.1, -0.05) is 0 Å². The Hall–Kier alpha value is -2.03. The lowest BCUT2D eigenvalue weighted by Gasteiger charge is -2.25. The number of fused-ring (bicyclic) bond motifs is 1. The van der Waals surface area contributed by atoms with Crippen LogP contribution in [-0.2, 0) is 10.0 Å². The summed E-state index contributed by atoms with van der Waals surface area (Å²) >= 11 is 0. The van der Waals surface area contributed by atoms with Crippen LogP contribution in [0.4, 0.5) is 0 Å². The summed E-state index contributed by atoms with van der Waals surface area (Å²) in [6, 6.07) is 8.22. The van der Waals surface area contributed by atoms with Crippen LogP contribution in [-0.4, -0.2) is 39.7 Å². The van der Waals surface area contributed by atoms with Gasteiger partial charge in [0.05, 0.1) is 17.2 Å². The number of likely N-dealkylation sites (tertiary alicyclic amines) is 1. The predicted molar refractivity (Wildman–Crippen MR) is 90.0 cm³/mol. The Morgan fingerprint density at radius 2 is 1.92 bits per heavy atom. The molecule has 25 heavy (non-hydrogen) atoms. The van der Waals surface area contributed by atoms with E-state index >= 15 is 0 Å². The van der Waals surface area contributed by atoms with E-state index in [9.17, 15) is 8.42 Å². The number of hydrogen-bond donors (Lipinski definition) is 1. The average Bonchev–Trinajstić information content (AvgIpc) is 3.36. The fourth-order valence-electron chi connectivity index (χ4n) is 3.26. The lowest BCUT2D eigenvalue weighted by molar-refractivity contribution is 0.174. The van der Waals surface area contributed by atoms with Crippen molar-refractivity contribution in [3.63, 3.8) is 0 Å². The minimum Gasteiger partial charge on any atom is -0.468 e. The first-order valence-corrected chi connectivity index (χ1v) is 9.78. The smallest absolute Gasteiger partial charge is 0.240 e. The normalized spacial score (nSPS) is 18.6. The van der Waals surface area contributed by atoms with Gasteiger partial charge in [0.2, 0.25) is 16.8 Å². The molecule has 0 saturated carbocycles. The van der Waals surface area contributed by atoms with Gasteiger partial charge in [-0.05, 0) is 50.2 Å². The minimum absolute atomic E-state index is 0.110. The van der Waals surface area contributed by atoms with Gasteiger partial charge in [-0.3, -0.25) is 4.90 Å². The number of furan rings is 1. The van der Waals surface area contributed by atoms with Gasteiger partial charge in [0.25, 0.3) is 0 Å². The van der Waals surface area contributed by atoms with E-state index in [4.69, 9.17) is 13.9 Å². The van der Waals surface area contributed by atoms with Crippen LogP contribution in [0.5, 0.6) is 11.5 Å². The second-order valence-electron chi connectivity index (χ2n) is 6.14.